The van der Waals surface area contributed by atoms with Crippen molar-refractivity contribution < 1.29 is 4.74 Å². The fraction of sp³-hybridized carbons (Fsp3) is 0.562. The van der Waals surface area contributed by atoms with E-state index >= 15 is 0 Å². The molecule has 2 aliphatic rings. The first-order valence-electron chi connectivity index (χ1n) is 7.27. The molecule has 2 aliphatic carbocycles. The number of benzene rings is 1. The van der Waals surface area contributed by atoms with Crippen LogP contribution >= 0.6 is 11.6 Å². The van der Waals surface area contributed by atoms with Gasteiger partial charge in [0.1, 0.15) is 0 Å². The molecule has 0 heterocycles. The molecule has 0 aromatic heterocycles. The number of hydrogen-bond acceptors (Lipinski definition) is 3. The molecule has 0 amide bonds. The molecular weight excluding hydrogens is 272 g/mol. The first kappa shape index (κ1) is 13.7. The Bertz CT molecular complexity index is 548. The van der Waals surface area contributed by atoms with Crippen LogP contribution in [0.2, 0.25) is 5.02 Å². The van der Waals surface area contributed by atoms with Gasteiger partial charge in [-0.25, -0.2) is 0 Å². The van der Waals surface area contributed by atoms with Crippen molar-refractivity contribution in [3.8, 4) is 6.07 Å². The van der Waals surface area contributed by atoms with Crippen molar-refractivity contribution in [2.45, 2.75) is 44.8 Å². The smallest absolute Gasteiger partial charge is 0.0992 e. The second-order valence-electron chi connectivity index (χ2n) is 5.77. The maximum Gasteiger partial charge on any atom is 0.0992 e. The molecule has 0 saturated heterocycles. The Labute approximate surface area is 124 Å². The number of nitrogens with one attached hydrogen (secondary N) is 1. The van der Waals surface area contributed by atoms with Crippen LogP contribution in [0, 0.1) is 16.7 Å². The van der Waals surface area contributed by atoms with Gasteiger partial charge in [-0.15, -0.1) is 0 Å². The molecule has 2 atom stereocenters. The molecule has 0 radical (unpaired) electrons. The van der Waals surface area contributed by atoms with Crippen molar-refractivity contribution in [2.24, 2.45) is 5.41 Å². The Balaban J connectivity index is 1.75. The highest BCUT2D eigenvalue weighted by molar-refractivity contribution is 6.33. The largest absolute Gasteiger partial charge is 0.380 e. The lowest BCUT2D eigenvalue weighted by molar-refractivity contribution is -0.157. The summed E-state index contributed by atoms with van der Waals surface area (Å²) < 4.78 is 5.85. The number of ether oxygens (including phenoxy) is 1. The summed E-state index contributed by atoms with van der Waals surface area (Å²) in [7, 11) is 0. The molecule has 3 rings (SSSR count). The monoisotopic (exact) mass is 290 g/mol. The van der Waals surface area contributed by atoms with Crippen molar-refractivity contribution in [2.75, 3.05) is 11.9 Å². The molecule has 2 saturated carbocycles. The summed E-state index contributed by atoms with van der Waals surface area (Å²) in [4.78, 5) is 0. The van der Waals surface area contributed by atoms with Crippen LogP contribution < -0.4 is 5.32 Å². The Morgan fingerprint density at radius 2 is 2.30 bits per heavy atom. The molecule has 3 nitrogen and oxygen atoms in total. The third-order valence-electron chi connectivity index (χ3n) is 4.86. The van der Waals surface area contributed by atoms with Crippen molar-refractivity contribution in [1.29, 1.82) is 5.26 Å². The van der Waals surface area contributed by atoms with Crippen LogP contribution in [-0.4, -0.2) is 18.8 Å². The van der Waals surface area contributed by atoms with Gasteiger partial charge in [-0.05, 0) is 44.4 Å². The van der Waals surface area contributed by atoms with Gasteiger partial charge in [0.05, 0.1) is 28.4 Å². The van der Waals surface area contributed by atoms with Gasteiger partial charge in [-0.1, -0.05) is 18.0 Å². The summed E-state index contributed by atoms with van der Waals surface area (Å²) in [5.74, 6) is 0. The first-order chi connectivity index (χ1) is 9.69. The van der Waals surface area contributed by atoms with Crippen molar-refractivity contribution in [3.63, 3.8) is 0 Å². The van der Waals surface area contributed by atoms with Crippen LogP contribution in [0.25, 0.3) is 0 Å². The lowest BCUT2D eigenvalue weighted by Crippen LogP contribution is -2.64. The summed E-state index contributed by atoms with van der Waals surface area (Å²) in [6.07, 6.45) is 5.15. The van der Waals surface area contributed by atoms with Crippen molar-refractivity contribution >= 4 is 17.3 Å². The van der Waals surface area contributed by atoms with E-state index in [1.807, 2.05) is 6.07 Å². The highest BCUT2D eigenvalue weighted by atomic mass is 35.5. The number of hydrogen-bond donors (Lipinski definition) is 1. The van der Waals surface area contributed by atoms with Gasteiger partial charge >= 0.3 is 0 Å². The summed E-state index contributed by atoms with van der Waals surface area (Å²) in [6.45, 7) is 2.84. The fourth-order valence-electron chi connectivity index (χ4n) is 3.53. The molecule has 0 bridgehead atoms. The average Bonchev–Trinajstić information content (AvgIpc) is 2.37. The molecule has 1 N–H and O–H groups in total. The average molecular weight is 291 g/mol. The van der Waals surface area contributed by atoms with Crippen molar-refractivity contribution in [3.05, 3.63) is 28.8 Å². The highest BCUT2D eigenvalue weighted by Crippen LogP contribution is 2.58. The molecule has 20 heavy (non-hydrogen) atoms. The van der Waals surface area contributed by atoms with E-state index in [4.69, 9.17) is 21.6 Å². The topological polar surface area (TPSA) is 45.0 Å². The summed E-state index contributed by atoms with van der Waals surface area (Å²) in [5, 5.41) is 13.2. The van der Waals surface area contributed by atoms with E-state index in [-0.39, 0.29) is 0 Å². The van der Waals surface area contributed by atoms with Gasteiger partial charge in [0, 0.05) is 18.1 Å². The van der Waals surface area contributed by atoms with Crippen LogP contribution in [0.3, 0.4) is 0 Å². The third-order valence-corrected chi connectivity index (χ3v) is 5.19. The van der Waals surface area contributed by atoms with Gasteiger partial charge in [0.2, 0.25) is 0 Å². The number of nitriles is 1. The molecule has 106 valence electrons. The number of anilines is 1. The first-order valence-corrected chi connectivity index (χ1v) is 7.65. The van der Waals surface area contributed by atoms with E-state index in [0.717, 1.165) is 18.7 Å². The Morgan fingerprint density at radius 3 is 2.90 bits per heavy atom. The van der Waals surface area contributed by atoms with Crippen LogP contribution in [0.4, 0.5) is 5.69 Å². The quantitative estimate of drug-likeness (QED) is 0.912. The molecule has 0 aliphatic heterocycles. The maximum absolute atomic E-state index is 8.99. The molecule has 2 unspecified atom stereocenters. The van der Waals surface area contributed by atoms with Gasteiger partial charge < -0.3 is 10.1 Å². The summed E-state index contributed by atoms with van der Waals surface area (Å²) in [5.41, 5.74) is 1.80. The van der Waals surface area contributed by atoms with Gasteiger partial charge in [-0.3, -0.25) is 0 Å². The van der Waals surface area contributed by atoms with Crippen LogP contribution in [0.5, 0.6) is 0 Å². The number of halogens is 1. The zero-order valence-corrected chi connectivity index (χ0v) is 12.4. The van der Waals surface area contributed by atoms with E-state index in [2.05, 4.69) is 18.3 Å². The zero-order chi connectivity index (χ0) is 14.2. The SMILES string of the molecule is CCOC1CC(Nc2cc(C#N)ccc2Cl)C12CCC2. The van der Waals surface area contributed by atoms with Crippen LogP contribution in [0.1, 0.15) is 38.2 Å². The third kappa shape index (κ3) is 2.08. The van der Waals surface area contributed by atoms with E-state index in [1.54, 1.807) is 12.1 Å². The second kappa shape index (κ2) is 5.27. The summed E-state index contributed by atoms with van der Waals surface area (Å²) in [6, 6.07) is 7.94. The lowest BCUT2D eigenvalue weighted by atomic mass is 9.51. The van der Waals surface area contributed by atoms with Crippen LogP contribution in [0.15, 0.2) is 18.2 Å². The Morgan fingerprint density at radius 1 is 1.50 bits per heavy atom. The van der Waals surface area contributed by atoms with Crippen LogP contribution in [-0.2, 0) is 4.74 Å². The predicted octanol–water partition coefficient (Wildman–Crippen LogP) is 3.97. The minimum absolute atomic E-state index is 0.294. The maximum atomic E-state index is 8.99. The van der Waals surface area contributed by atoms with Gasteiger partial charge in [-0.2, -0.15) is 5.26 Å². The Hall–Kier alpha value is -1.24. The molecule has 2 fully saturated rings. The van der Waals surface area contributed by atoms with E-state index in [9.17, 15) is 0 Å². The fourth-order valence-corrected chi connectivity index (χ4v) is 3.71. The highest BCUT2D eigenvalue weighted by Gasteiger charge is 2.58. The van der Waals surface area contributed by atoms with E-state index < -0.39 is 0 Å². The molecule has 1 aromatic rings. The zero-order valence-electron chi connectivity index (χ0n) is 11.7. The van der Waals surface area contributed by atoms with E-state index in [0.29, 0.717) is 28.1 Å². The van der Waals surface area contributed by atoms with Crippen molar-refractivity contribution in [1.82, 2.24) is 0 Å². The Kier molecular flexibility index (Phi) is 3.62. The number of nitrogens with zero attached hydrogens (tertiary/aromatic N) is 1. The lowest BCUT2D eigenvalue weighted by Gasteiger charge is -2.61. The van der Waals surface area contributed by atoms with E-state index in [1.165, 1.54) is 19.3 Å². The minimum atomic E-state index is 0.294. The molecule has 1 spiro atoms. The molecule has 4 heteroatoms. The van der Waals surface area contributed by atoms with Gasteiger partial charge in [0.15, 0.2) is 0 Å². The molecular formula is C16H19ClN2O. The standard InChI is InChI=1S/C16H19ClN2O/c1-2-20-15-9-14(16(15)6-3-7-16)19-13-8-11(10-18)4-5-12(13)17/h4-5,8,14-15,19H,2-3,6-7,9H2,1H3. The van der Waals surface area contributed by atoms with Gasteiger partial charge in [0.25, 0.3) is 0 Å². The normalized spacial score (nSPS) is 26.4. The number of rotatable bonds is 4. The minimum Gasteiger partial charge on any atom is -0.380 e. The predicted molar refractivity (Wildman–Crippen MR) is 79.9 cm³/mol. The second-order valence-corrected chi connectivity index (χ2v) is 6.18. The summed E-state index contributed by atoms with van der Waals surface area (Å²) >= 11 is 6.23. The molecule has 1 aromatic carbocycles.